The molecule has 0 radical (unpaired) electrons. The molecule has 0 atom stereocenters. The third-order valence-corrected chi connectivity index (χ3v) is 5.41. The summed E-state index contributed by atoms with van der Waals surface area (Å²) in [5.41, 5.74) is 2.51. The van der Waals surface area contributed by atoms with Crippen LogP contribution in [0.2, 0.25) is 0 Å². The zero-order chi connectivity index (χ0) is 17.5. The van der Waals surface area contributed by atoms with Gasteiger partial charge in [-0.1, -0.05) is 19.3 Å². The number of aromatic nitrogens is 2. The van der Waals surface area contributed by atoms with Crippen LogP contribution in [0.1, 0.15) is 61.8 Å². The van der Waals surface area contributed by atoms with Crippen LogP contribution in [0.3, 0.4) is 0 Å². The highest BCUT2D eigenvalue weighted by Gasteiger charge is 2.19. The Labute approximate surface area is 149 Å². The van der Waals surface area contributed by atoms with Gasteiger partial charge >= 0.3 is 0 Å². The minimum atomic E-state index is -0.0871. The molecule has 1 amide bonds. The van der Waals surface area contributed by atoms with Crippen LogP contribution in [0.25, 0.3) is 0 Å². The van der Waals surface area contributed by atoms with Gasteiger partial charge in [0.1, 0.15) is 0 Å². The molecule has 0 spiro atoms. The Kier molecular flexibility index (Phi) is 6.62. The Morgan fingerprint density at radius 1 is 1.00 bits per heavy atom. The summed E-state index contributed by atoms with van der Waals surface area (Å²) < 4.78 is 0. The van der Waals surface area contributed by atoms with E-state index in [0.717, 1.165) is 62.1 Å². The fourth-order valence-electron chi connectivity index (χ4n) is 3.98. The molecule has 1 aliphatic heterocycles. The van der Waals surface area contributed by atoms with E-state index in [0.29, 0.717) is 6.54 Å². The van der Waals surface area contributed by atoms with Gasteiger partial charge in [0.15, 0.2) is 0 Å². The zero-order valence-corrected chi connectivity index (χ0v) is 15.1. The molecule has 1 aromatic rings. The normalized spacial score (nSPS) is 18.9. The summed E-state index contributed by atoms with van der Waals surface area (Å²) in [7, 11) is 0. The van der Waals surface area contributed by atoms with Gasteiger partial charge < -0.3 is 10.2 Å². The Balaban J connectivity index is 1.49. The summed E-state index contributed by atoms with van der Waals surface area (Å²) in [4.78, 5) is 26.6. The first kappa shape index (κ1) is 18.1. The number of fused-ring (bicyclic) bond motifs is 1. The van der Waals surface area contributed by atoms with Crippen molar-refractivity contribution in [2.45, 2.75) is 64.2 Å². The predicted molar refractivity (Wildman–Crippen MR) is 97.7 cm³/mol. The van der Waals surface area contributed by atoms with E-state index in [1.54, 1.807) is 0 Å². The van der Waals surface area contributed by atoms with Gasteiger partial charge in [0.25, 0.3) is 5.56 Å². The van der Waals surface area contributed by atoms with Crippen molar-refractivity contribution in [1.82, 2.24) is 20.4 Å². The Hall–Kier alpha value is -1.69. The lowest BCUT2D eigenvalue weighted by Crippen LogP contribution is -2.37. The van der Waals surface area contributed by atoms with E-state index in [-0.39, 0.29) is 17.9 Å². The second kappa shape index (κ2) is 9.13. The molecule has 0 saturated carbocycles. The maximum absolute atomic E-state index is 12.3. The second-order valence-corrected chi connectivity index (χ2v) is 7.30. The SMILES string of the molecule is O=C(Cc1n[nH]c(=O)c2c1CCCC2)NCCN1CCCCCCC1. The molecule has 3 rings (SSSR count). The number of carbonyl (C=O) groups is 1. The fourth-order valence-corrected chi connectivity index (χ4v) is 3.98. The minimum Gasteiger partial charge on any atom is -0.354 e. The number of likely N-dealkylation sites (tertiary alicyclic amines) is 1. The van der Waals surface area contributed by atoms with Crippen LogP contribution >= 0.6 is 0 Å². The van der Waals surface area contributed by atoms with Gasteiger partial charge in [0.2, 0.25) is 5.91 Å². The van der Waals surface area contributed by atoms with Crippen LogP contribution in [0, 0.1) is 0 Å². The molecule has 0 bridgehead atoms. The Morgan fingerprint density at radius 2 is 1.68 bits per heavy atom. The first-order valence-corrected chi connectivity index (χ1v) is 9.82. The molecule has 2 N–H and O–H groups in total. The highest BCUT2D eigenvalue weighted by Crippen LogP contribution is 2.20. The van der Waals surface area contributed by atoms with Crippen molar-refractivity contribution < 1.29 is 4.79 Å². The van der Waals surface area contributed by atoms with Gasteiger partial charge in [-0.25, -0.2) is 5.10 Å². The average molecular weight is 346 g/mol. The zero-order valence-electron chi connectivity index (χ0n) is 15.1. The third-order valence-electron chi connectivity index (χ3n) is 5.41. The lowest BCUT2D eigenvalue weighted by molar-refractivity contribution is -0.120. The molecule has 6 heteroatoms. The van der Waals surface area contributed by atoms with E-state index >= 15 is 0 Å². The molecule has 1 aromatic heterocycles. The number of amides is 1. The smallest absolute Gasteiger partial charge is 0.267 e. The highest BCUT2D eigenvalue weighted by molar-refractivity contribution is 5.78. The van der Waals surface area contributed by atoms with E-state index in [1.165, 1.54) is 32.1 Å². The average Bonchev–Trinajstić information content (AvgIpc) is 2.59. The molecular formula is C19H30N4O2. The van der Waals surface area contributed by atoms with Gasteiger partial charge in [-0.2, -0.15) is 5.10 Å². The molecular weight excluding hydrogens is 316 g/mol. The van der Waals surface area contributed by atoms with E-state index < -0.39 is 0 Å². The summed E-state index contributed by atoms with van der Waals surface area (Å²) >= 11 is 0. The maximum Gasteiger partial charge on any atom is 0.267 e. The summed E-state index contributed by atoms with van der Waals surface area (Å²) in [6.07, 6.45) is 10.6. The van der Waals surface area contributed by atoms with E-state index in [4.69, 9.17) is 0 Å². The molecule has 138 valence electrons. The first-order chi connectivity index (χ1) is 12.2. The third kappa shape index (κ3) is 5.14. The van der Waals surface area contributed by atoms with Crippen LogP contribution in [-0.4, -0.2) is 47.2 Å². The van der Waals surface area contributed by atoms with Crippen molar-refractivity contribution in [3.63, 3.8) is 0 Å². The van der Waals surface area contributed by atoms with E-state index in [9.17, 15) is 9.59 Å². The largest absolute Gasteiger partial charge is 0.354 e. The van der Waals surface area contributed by atoms with Crippen molar-refractivity contribution in [2.75, 3.05) is 26.2 Å². The first-order valence-electron chi connectivity index (χ1n) is 9.82. The number of hydrogen-bond donors (Lipinski definition) is 2. The quantitative estimate of drug-likeness (QED) is 0.848. The monoisotopic (exact) mass is 346 g/mol. The fraction of sp³-hybridized carbons (Fsp3) is 0.737. The van der Waals surface area contributed by atoms with Gasteiger partial charge in [0, 0.05) is 18.7 Å². The Morgan fingerprint density at radius 3 is 2.44 bits per heavy atom. The lowest BCUT2D eigenvalue weighted by Gasteiger charge is -2.24. The van der Waals surface area contributed by atoms with Gasteiger partial charge in [-0.05, 0) is 57.2 Å². The van der Waals surface area contributed by atoms with Crippen LogP contribution in [0.15, 0.2) is 4.79 Å². The van der Waals surface area contributed by atoms with Crippen LogP contribution in [-0.2, 0) is 24.1 Å². The number of aromatic amines is 1. The number of carbonyl (C=O) groups excluding carboxylic acids is 1. The number of rotatable bonds is 5. The molecule has 1 aliphatic carbocycles. The molecule has 0 aromatic carbocycles. The summed E-state index contributed by atoms with van der Waals surface area (Å²) in [6.45, 7) is 3.89. The van der Waals surface area contributed by atoms with Crippen molar-refractivity contribution in [3.05, 3.63) is 27.2 Å². The van der Waals surface area contributed by atoms with E-state index in [2.05, 4.69) is 20.4 Å². The number of H-pyrrole nitrogens is 1. The highest BCUT2D eigenvalue weighted by atomic mass is 16.1. The van der Waals surface area contributed by atoms with Crippen LogP contribution < -0.4 is 10.9 Å². The summed E-state index contributed by atoms with van der Waals surface area (Å²) in [5, 5.41) is 9.73. The standard InChI is InChI=1S/C19H30N4O2/c24-18(20-10-13-23-11-6-2-1-3-7-12-23)14-17-15-8-4-5-9-16(15)19(25)22-21-17/h1-14H2,(H,20,24)(H,22,25). The van der Waals surface area contributed by atoms with Gasteiger partial charge in [-0.3, -0.25) is 9.59 Å². The molecule has 2 heterocycles. The molecule has 2 aliphatic rings. The molecule has 25 heavy (non-hydrogen) atoms. The molecule has 6 nitrogen and oxygen atoms in total. The molecule has 0 unspecified atom stereocenters. The second-order valence-electron chi connectivity index (χ2n) is 7.30. The number of nitrogens with zero attached hydrogens (tertiary/aromatic N) is 2. The number of nitrogens with one attached hydrogen (secondary N) is 2. The van der Waals surface area contributed by atoms with Crippen LogP contribution in [0.5, 0.6) is 0 Å². The maximum atomic E-state index is 12.3. The van der Waals surface area contributed by atoms with Crippen molar-refractivity contribution in [2.24, 2.45) is 0 Å². The molecule has 1 saturated heterocycles. The van der Waals surface area contributed by atoms with Crippen molar-refractivity contribution in [3.8, 4) is 0 Å². The summed E-state index contributed by atoms with van der Waals surface area (Å²) in [6, 6.07) is 0. The van der Waals surface area contributed by atoms with E-state index in [1.807, 2.05) is 0 Å². The van der Waals surface area contributed by atoms with Crippen molar-refractivity contribution in [1.29, 1.82) is 0 Å². The lowest BCUT2D eigenvalue weighted by atomic mass is 9.91. The van der Waals surface area contributed by atoms with Gasteiger partial charge in [0.05, 0.1) is 12.1 Å². The van der Waals surface area contributed by atoms with Gasteiger partial charge in [-0.15, -0.1) is 0 Å². The van der Waals surface area contributed by atoms with Crippen LogP contribution in [0.4, 0.5) is 0 Å². The minimum absolute atomic E-state index is 0.000586. The molecule has 1 fully saturated rings. The van der Waals surface area contributed by atoms with Crippen molar-refractivity contribution >= 4 is 5.91 Å². The summed E-state index contributed by atoms with van der Waals surface area (Å²) in [5.74, 6) is -0.000586. The Bertz CT molecular complexity index is 633. The topological polar surface area (TPSA) is 78.1 Å². The number of hydrogen-bond acceptors (Lipinski definition) is 4. The predicted octanol–water partition coefficient (Wildman–Crippen LogP) is 1.57.